The molecule has 0 fully saturated rings. The van der Waals surface area contributed by atoms with E-state index in [0.717, 1.165) is 5.56 Å². The lowest BCUT2D eigenvalue weighted by atomic mass is 10.1. The molecule has 0 heterocycles. The Morgan fingerprint density at radius 1 is 1.25 bits per heavy atom. The molecule has 84 valence electrons. The van der Waals surface area contributed by atoms with Gasteiger partial charge in [0.2, 0.25) is 0 Å². The van der Waals surface area contributed by atoms with Crippen molar-refractivity contribution in [1.29, 1.82) is 0 Å². The predicted octanol–water partition coefficient (Wildman–Crippen LogP) is 3.31. The summed E-state index contributed by atoms with van der Waals surface area (Å²) in [5.74, 6) is -0.161. The zero-order valence-electron chi connectivity index (χ0n) is 9.62. The zero-order chi connectivity index (χ0) is 12.1. The minimum Gasteiger partial charge on any atom is -0.293 e. The number of carbonyl (C=O) groups excluding carboxylic acids is 1. The Bertz CT molecular complexity index is 444. The van der Waals surface area contributed by atoms with E-state index in [9.17, 15) is 9.18 Å². The monoisotopic (exact) mass is 219 g/mol. The molecule has 0 saturated heterocycles. The van der Waals surface area contributed by atoms with Gasteiger partial charge in [-0.05, 0) is 13.8 Å². The third kappa shape index (κ3) is 3.12. The fourth-order valence-corrected chi connectivity index (χ4v) is 1.14. The van der Waals surface area contributed by atoms with Crippen LogP contribution in [-0.2, 0) is 4.79 Å². The van der Waals surface area contributed by atoms with Crippen LogP contribution in [0.2, 0.25) is 0 Å². The van der Waals surface area contributed by atoms with Crippen molar-refractivity contribution in [3.63, 3.8) is 0 Å². The molecular formula is C13H14FNO. The van der Waals surface area contributed by atoms with Crippen LogP contribution in [0.15, 0.2) is 35.6 Å². The van der Waals surface area contributed by atoms with Gasteiger partial charge in [-0.2, -0.15) is 0 Å². The van der Waals surface area contributed by atoms with E-state index in [-0.39, 0.29) is 11.5 Å². The standard InChI is InChI=1S/C13H14FNO/c1-9-4-6-12(7-5-9)13(8-14)15-10(2)11(3)16/h4-8H,1-3H3/b13-8-,15-10?. The lowest BCUT2D eigenvalue weighted by Gasteiger charge is -2.02. The number of hydrogen-bond acceptors (Lipinski definition) is 2. The van der Waals surface area contributed by atoms with Gasteiger partial charge >= 0.3 is 0 Å². The van der Waals surface area contributed by atoms with Crippen LogP contribution in [-0.4, -0.2) is 11.5 Å². The second kappa shape index (κ2) is 5.35. The number of hydrogen-bond donors (Lipinski definition) is 0. The molecule has 0 radical (unpaired) electrons. The van der Waals surface area contributed by atoms with Crippen LogP contribution in [0.25, 0.3) is 5.70 Å². The number of rotatable bonds is 3. The molecule has 0 aliphatic carbocycles. The molecule has 0 N–H and O–H groups in total. The van der Waals surface area contributed by atoms with Crippen LogP contribution in [0.4, 0.5) is 4.39 Å². The SMILES string of the molecule is CC(=O)C(C)=N/C(=C\F)c1ccc(C)cc1. The number of Topliss-reactive ketones (excluding diaryl/α,β-unsaturated/α-hetero) is 1. The van der Waals surface area contributed by atoms with Gasteiger partial charge in [0, 0.05) is 12.5 Å². The zero-order valence-corrected chi connectivity index (χ0v) is 9.62. The van der Waals surface area contributed by atoms with Crippen LogP contribution in [0, 0.1) is 6.92 Å². The van der Waals surface area contributed by atoms with Crippen molar-refractivity contribution in [3.05, 3.63) is 41.7 Å². The van der Waals surface area contributed by atoms with E-state index in [2.05, 4.69) is 4.99 Å². The highest BCUT2D eigenvalue weighted by Gasteiger charge is 2.03. The van der Waals surface area contributed by atoms with Crippen molar-refractivity contribution >= 4 is 17.2 Å². The summed E-state index contributed by atoms with van der Waals surface area (Å²) in [4.78, 5) is 14.9. The van der Waals surface area contributed by atoms with Crippen LogP contribution in [0.3, 0.4) is 0 Å². The first-order valence-corrected chi connectivity index (χ1v) is 4.98. The number of ketones is 1. The molecule has 1 rings (SSSR count). The maximum Gasteiger partial charge on any atom is 0.173 e. The summed E-state index contributed by atoms with van der Waals surface area (Å²) in [5.41, 5.74) is 2.22. The maximum absolute atomic E-state index is 12.7. The first-order valence-electron chi connectivity index (χ1n) is 4.98. The molecule has 1 aromatic carbocycles. The quantitative estimate of drug-likeness (QED) is 0.717. The highest BCUT2D eigenvalue weighted by atomic mass is 19.1. The number of aliphatic imine (C=N–C) groups is 1. The molecule has 0 atom stereocenters. The molecule has 0 spiro atoms. The van der Waals surface area contributed by atoms with Crippen LogP contribution < -0.4 is 0 Å². The minimum atomic E-state index is -0.161. The van der Waals surface area contributed by atoms with Gasteiger partial charge in [-0.1, -0.05) is 29.8 Å². The summed E-state index contributed by atoms with van der Waals surface area (Å²) >= 11 is 0. The molecule has 0 unspecified atom stereocenters. The number of nitrogens with zero attached hydrogens (tertiary/aromatic N) is 1. The molecule has 2 nitrogen and oxygen atoms in total. The average Bonchev–Trinajstić information content (AvgIpc) is 2.26. The summed E-state index contributed by atoms with van der Waals surface area (Å²) in [7, 11) is 0. The lowest BCUT2D eigenvalue weighted by Crippen LogP contribution is -2.04. The summed E-state index contributed by atoms with van der Waals surface area (Å²) < 4.78 is 12.7. The predicted molar refractivity (Wildman–Crippen MR) is 64.1 cm³/mol. The Hall–Kier alpha value is -1.77. The summed E-state index contributed by atoms with van der Waals surface area (Å²) in [6.45, 7) is 4.93. The summed E-state index contributed by atoms with van der Waals surface area (Å²) in [5, 5.41) is 0. The van der Waals surface area contributed by atoms with E-state index < -0.39 is 0 Å². The number of halogens is 1. The molecule has 16 heavy (non-hydrogen) atoms. The Labute approximate surface area is 94.5 Å². The van der Waals surface area contributed by atoms with Crippen LogP contribution in [0.5, 0.6) is 0 Å². The molecular weight excluding hydrogens is 205 g/mol. The topological polar surface area (TPSA) is 29.4 Å². The minimum absolute atomic E-state index is 0.161. The molecule has 0 aliphatic rings. The van der Waals surface area contributed by atoms with Gasteiger partial charge in [-0.15, -0.1) is 0 Å². The van der Waals surface area contributed by atoms with E-state index in [4.69, 9.17) is 0 Å². The first kappa shape index (κ1) is 12.3. The molecule has 0 amide bonds. The third-order valence-corrected chi connectivity index (χ3v) is 2.25. The van der Waals surface area contributed by atoms with Crippen molar-refractivity contribution in [2.75, 3.05) is 0 Å². The fourth-order valence-electron chi connectivity index (χ4n) is 1.14. The van der Waals surface area contributed by atoms with Crippen LogP contribution in [0.1, 0.15) is 25.0 Å². The second-order valence-electron chi connectivity index (χ2n) is 3.61. The third-order valence-electron chi connectivity index (χ3n) is 2.25. The maximum atomic E-state index is 12.7. The Morgan fingerprint density at radius 3 is 2.25 bits per heavy atom. The first-order chi connectivity index (χ1) is 7.54. The molecule has 0 saturated carbocycles. The average molecular weight is 219 g/mol. The van der Waals surface area contributed by atoms with Crippen molar-refractivity contribution in [3.8, 4) is 0 Å². The number of benzene rings is 1. The Balaban J connectivity index is 3.06. The highest BCUT2D eigenvalue weighted by molar-refractivity contribution is 6.38. The van der Waals surface area contributed by atoms with E-state index in [0.29, 0.717) is 17.6 Å². The van der Waals surface area contributed by atoms with Crippen molar-refractivity contribution in [1.82, 2.24) is 0 Å². The number of aryl methyl sites for hydroxylation is 1. The summed E-state index contributed by atoms with van der Waals surface area (Å²) in [6.07, 6.45) is 0.414. The van der Waals surface area contributed by atoms with E-state index in [1.54, 1.807) is 19.1 Å². The Kier molecular flexibility index (Phi) is 4.11. The van der Waals surface area contributed by atoms with Crippen molar-refractivity contribution < 1.29 is 9.18 Å². The van der Waals surface area contributed by atoms with Gasteiger partial charge in [0.15, 0.2) is 5.78 Å². The molecule has 1 aromatic rings. The molecule has 3 heteroatoms. The van der Waals surface area contributed by atoms with Gasteiger partial charge in [0.05, 0.1) is 11.4 Å². The van der Waals surface area contributed by atoms with Gasteiger partial charge in [0.25, 0.3) is 0 Å². The van der Waals surface area contributed by atoms with Crippen LogP contribution >= 0.6 is 0 Å². The smallest absolute Gasteiger partial charge is 0.173 e. The molecule has 0 aromatic heterocycles. The Morgan fingerprint density at radius 2 is 1.81 bits per heavy atom. The largest absolute Gasteiger partial charge is 0.293 e. The van der Waals surface area contributed by atoms with E-state index in [1.807, 2.05) is 19.1 Å². The van der Waals surface area contributed by atoms with Gasteiger partial charge < -0.3 is 0 Å². The van der Waals surface area contributed by atoms with E-state index in [1.165, 1.54) is 6.92 Å². The highest BCUT2D eigenvalue weighted by Crippen LogP contribution is 2.17. The summed E-state index contributed by atoms with van der Waals surface area (Å²) in [6, 6.07) is 7.30. The lowest BCUT2D eigenvalue weighted by molar-refractivity contribution is -0.111. The molecule has 0 bridgehead atoms. The van der Waals surface area contributed by atoms with Gasteiger partial charge in [-0.3, -0.25) is 4.79 Å². The number of carbonyl (C=O) groups is 1. The van der Waals surface area contributed by atoms with Crippen molar-refractivity contribution in [2.24, 2.45) is 4.99 Å². The fraction of sp³-hybridized carbons (Fsp3) is 0.231. The molecule has 0 aliphatic heterocycles. The normalized spacial score (nSPS) is 12.8. The van der Waals surface area contributed by atoms with Crippen molar-refractivity contribution in [2.45, 2.75) is 20.8 Å². The van der Waals surface area contributed by atoms with Gasteiger partial charge in [-0.25, -0.2) is 9.38 Å². The second-order valence-corrected chi connectivity index (χ2v) is 3.61. The van der Waals surface area contributed by atoms with E-state index >= 15 is 0 Å². The van der Waals surface area contributed by atoms with Gasteiger partial charge in [0.1, 0.15) is 6.33 Å².